The summed E-state index contributed by atoms with van der Waals surface area (Å²) in [6.45, 7) is 4.33. The van der Waals surface area contributed by atoms with E-state index in [1.165, 1.54) is 16.5 Å². The summed E-state index contributed by atoms with van der Waals surface area (Å²) in [5, 5.41) is 10.9. The fraction of sp³-hybridized carbons (Fsp3) is 0.474. The SMILES string of the molecule is CCNC(=NCCCc1c[nH]c2ccccc12)NC1CCC(=O)NC1. The molecule has 3 rings (SSSR count). The number of benzene rings is 1. The fourth-order valence-electron chi connectivity index (χ4n) is 3.17. The highest BCUT2D eigenvalue weighted by Gasteiger charge is 2.18. The molecule has 1 atom stereocenters. The van der Waals surface area contributed by atoms with Crippen LogP contribution in [0.15, 0.2) is 35.5 Å². The minimum absolute atomic E-state index is 0.138. The maximum Gasteiger partial charge on any atom is 0.220 e. The molecule has 0 saturated carbocycles. The van der Waals surface area contributed by atoms with Gasteiger partial charge in [0.2, 0.25) is 5.91 Å². The second-order valence-corrected chi connectivity index (χ2v) is 6.41. The Hall–Kier alpha value is -2.50. The Labute approximate surface area is 148 Å². The number of aromatic nitrogens is 1. The summed E-state index contributed by atoms with van der Waals surface area (Å²) in [6.07, 6.45) is 5.54. The van der Waals surface area contributed by atoms with Gasteiger partial charge >= 0.3 is 0 Å². The van der Waals surface area contributed by atoms with Gasteiger partial charge in [0.15, 0.2) is 5.96 Å². The van der Waals surface area contributed by atoms with Crippen molar-refractivity contribution in [2.24, 2.45) is 4.99 Å². The zero-order valence-corrected chi connectivity index (χ0v) is 14.8. The van der Waals surface area contributed by atoms with Crippen LogP contribution in [0.25, 0.3) is 10.9 Å². The Morgan fingerprint density at radius 3 is 3.04 bits per heavy atom. The number of aliphatic imine (C=N–C) groups is 1. The Morgan fingerprint density at radius 2 is 2.24 bits per heavy atom. The number of piperidine rings is 1. The fourth-order valence-corrected chi connectivity index (χ4v) is 3.17. The summed E-state index contributed by atoms with van der Waals surface area (Å²) in [6, 6.07) is 8.65. The second kappa shape index (κ2) is 8.55. The summed E-state index contributed by atoms with van der Waals surface area (Å²) in [4.78, 5) is 19.2. The molecule has 2 aromatic rings. The van der Waals surface area contributed by atoms with Crippen molar-refractivity contribution >= 4 is 22.8 Å². The number of para-hydroxylation sites is 1. The molecule has 0 bridgehead atoms. The van der Waals surface area contributed by atoms with Gasteiger partial charge in [-0.15, -0.1) is 0 Å². The molecule has 1 aliphatic heterocycles. The molecule has 0 spiro atoms. The van der Waals surface area contributed by atoms with E-state index in [2.05, 4.69) is 63.3 Å². The predicted molar refractivity (Wildman–Crippen MR) is 102 cm³/mol. The number of hydrogen-bond acceptors (Lipinski definition) is 2. The Bertz CT molecular complexity index is 726. The van der Waals surface area contributed by atoms with Gasteiger partial charge in [0.05, 0.1) is 0 Å². The van der Waals surface area contributed by atoms with Crippen LogP contribution in [0.4, 0.5) is 0 Å². The number of nitrogens with zero attached hydrogens (tertiary/aromatic N) is 1. The Balaban J connectivity index is 1.50. The van der Waals surface area contributed by atoms with Gasteiger partial charge in [0, 0.05) is 49.2 Å². The van der Waals surface area contributed by atoms with Crippen molar-refractivity contribution < 1.29 is 4.79 Å². The first-order valence-electron chi connectivity index (χ1n) is 9.13. The van der Waals surface area contributed by atoms with Crippen molar-refractivity contribution in [3.63, 3.8) is 0 Å². The van der Waals surface area contributed by atoms with Crippen molar-refractivity contribution in [3.05, 3.63) is 36.0 Å². The minimum atomic E-state index is 0.138. The third kappa shape index (κ3) is 4.75. The number of hydrogen-bond donors (Lipinski definition) is 4. The van der Waals surface area contributed by atoms with E-state index in [9.17, 15) is 4.79 Å². The standard InChI is InChI=1S/C19H27N5O/c1-2-20-19(24-15-9-10-18(25)23-13-15)21-11-5-6-14-12-22-17-8-4-3-7-16(14)17/h3-4,7-8,12,15,22H,2,5-6,9-11,13H2,1H3,(H,23,25)(H2,20,21,24). The van der Waals surface area contributed by atoms with Crippen molar-refractivity contribution in [1.82, 2.24) is 20.9 Å². The van der Waals surface area contributed by atoms with Crippen LogP contribution in [0.1, 0.15) is 31.7 Å². The number of aryl methyl sites for hydroxylation is 1. The molecule has 0 radical (unpaired) electrons. The van der Waals surface area contributed by atoms with E-state index in [-0.39, 0.29) is 11.9 Å². The summed E-state index contributed by atoms with van der Waals surface area (Å²) < 4.78 is 0. The molecule has 4 N–H and O–H groups in total. The van der Waals surface area contributed by atoms with E-state index in [1.54, 1.807) is 0 Å². The zero-order valence-electron chi connectivity index (χ0n) is 14.8. The van der Waals surface area contributed by atoms with Gasteiger partial charge in [-0.2, -0.15) is 0 Å². The maximum atomic E-state index is 11.2. The quantitative estimate of drug-likeness (QED) is 0.368. The molecule has 1 unspecified atom stereocenters. The van der Waals surface area contributed by atoms with Crippen LogP contribution in [-0.4, -0.2) is 42.5 Å². The number of H-pyrrole nitrogens is 1. The molecule has 1 fully saturated rings. The number of rotatable bonds is 6. The number of guanidine groups is 1. The summed E-state index contributed by atoms with van der Waals surface area (Å²) in [5.74, 6) is 0.973. The molecule has 1 saturated heterocycles. The van der Waals surface area contributed by atoms with Crippen LogP contribution in [-0.2, 0) is 11.2 Å². The maximum absolute atomic E-state index is 11.2. The minimum Gasteiger partial charge on any atom is -0.361 e. The first kappa shape index (κ1) is 17.3. The third-order valence-corrected chi connectivity index (χ3v) is 4.50. The van der Waals surface area contributed by atoms with Crippen LogP contribution in [0.2, 0.25) is 0 Å². The first-order chi connectivity index (χ1) is 12.3. The lowest BCUT2D eigenvalue weighted by atomic mass is 10.1. The largest absolute Gasteiger partial charge is 0.361 e. The topological polar surface area (TPSA) is 81.3 Å². The van der Waals surface area contributed by atoms with E-state index in [1.807, 2.05) is 0 Å². The molecular weight excluding hydrogens is 314 g/mol. The smallest absolute Gasteiger partial charge is 0.220 e. The molecular formula is C19H27N5O. The van der Waals surface area contributed by atoms with E-state index in [0.717, 1.165) is 38.3 Å². The second-order valence-electron chi connectivity index (χ2n) is 6.41. The Morgan fingerprint density at radius 1 is 1.36 bits per heavy atom. The highest BCUT2D eigenvalue weighted by molar-refractivity contribution is 5.83. The van der Waals surface area contributed by atoms with Crippen molar-refractivity contribution in [2.75, 3.05) is 19.6 Å². The van der Waals surface area contributed by atoms with E-state index in [0.29, 0.717) is 13.0 Å². The van der Waals surface area contributed by atoms with Gasteiger partial charge in [0.1, 0.15) is 0 Å². The zero-order chi connectivity index (χ0) is 17.5. The molecule has 0 aliphatic carbocycles. The molecule has 25 heavy (non-hydrogen) atoms. The average Bonchev–Trinajstić information content (AvgIpc) is 3.04. The van der Waals surface area contributed by atoms with E-state index < -0.39 is 0 Å². The molecule has 1 aromatic carbocycles. The highest BCUT2D eigenvalue weighted by atomic mass is 16.1. The van der Waals surface area contributed by atoms with E-state index in [4.69, 9.17) is 0 Å². The summed E-state index contributed by atoms with van der Waals surface area (Å²) in [5.41, 5.74) is 2.54. The van der Waals surface area contributed by atoms with Crippen LogP contribution in [0, 0.1) is 0 Å². The monoisotopic (exact) mass is 341 g/mol. The van der Waals surface area contributed by atoms with Gasteiger partial charge < -0.3 is 20.9 Å². The van der Waals surface area contributed by atoms with Crippen LogP contribution in [0.5, 0.6) is 0 Å². The van der Waals surface area contributed by atoms with Crippen molar-refractivity contribution in [1.29, 1.82) is 0 Å². The van der Waals surface area contributed by atoms with Crippen LogP contribution < -0.4 is 16.0 Å². The van der Waals surface area contributed by atoms with Gasteiger partial charge in [0.25, 0.3) is 0 Å². The molecule has 134 valence electrons. The van der Waals surface area contributed by atoms with Gasteiger partial charge in [-0.05, 0) is 37.8 Å². The van der Waals surface area contributed by atoms with Crippen molar-refractivity contribution in [2.45, 2.75) is 38.6 Å². The normalized spacial score (nSPS) is 18.2. The summed E-state index contributed by atoms with van der Waals surface area (Å²) >= 11 is 0. The lowest BCUT2D eigenvalue weighted by Crippen LogP contribution is -2.51. The summed E-state index contributed by atoms with van der Waals surface area (Å²) in [7, 11) is 0. The first-order valence-corrected chi connectivity index (χ1v) is 9.13. The molecule has 1 aliphatic rings. The van der Waals surface area contributed by atoms with E-state index >= 15 is 0 Å². The van der Waals surface area contributed by atoms with Gasteiger partial charge in [-0.3, -0.25) is 9.79 Å². The number of aromatic amines is 1. The number of nitrogens with one attached hydrogen (secondary N) is 4. The lowest BCUT2D eigenvalue weighted by molar-refractivity contribution is -0.122. The van der Waals surface area contributed by atoms with Gasteiger partial charge in [-0.25, -0.2) is 0 Å². The molecule has 1 amide bonds. The average molecular weight is 341 g/mol. The molecule has 6 heteroatoms. The van der Waals surface area contributed by atoms with Crippen LogP contribution >= 0.6 is 0 Å². The van der Waals surface area contributed by atoms with Gasteiger partial charge in [-0.1, -0.05) is 18.2 Å². The number of carbonyl (C=O) groups excluding carboxylic acids is 1. The molecule has 1 aromatic heterocycles. The molecule has 6 nitrogen and oxygen atoms in total. The Kier molecular flexibility index (Phi) is 5.93. The number of amides is 1. The lowest BCUT2D eigenvalue weighted by Gasteiger charge is -2.25. The number of carbonyl (C=O) groups is 1. The predicted octanol–water partition coefficient (Wildman–Crippen LogP) is 1.93. The molecule has 2 heterocycles. The van der Waals surface area contributed by atoms with Crippen LogP contribution in [0.3, 0.4) is 0 Å². The number of fused-ring (bicyclic) bond motifs is 1. The highest BCUT2D eigenvalue weighted by Crippen LogP contribution is 2.18. The third-order valence-electron chi connectivity index (χ3n) is 4.50. The van der Waals surface area contributed by atoms with Crippen molar-refractivity contribution in [3.8, 4) is 0 Å².